The van der Waals surface area contributed by atoms with E-state index in [0.29, 0.717) is 13.2 Å². The summed E-state index contributed by atoms with van der Waals surface area (Å²) in [5, 5.41) is 0. The first-order chi connectivity index (χ1) is 14.2. The molecule has 0 saturated carbocycles. The molecule has 1 aromatic rings. The van der Waals surface area contributed by atoms with Crippen molar-refractivity contribution in [2.24, 2.45) is 5.41 Å². The fraction of sp³-hybridized carbons (Fsp3) is 0.769. The van der Waals surface area contributed by atoms with Crippen molar-refractivity contribution in [2.45, 2.75) is 78.6 Å². The van der Waals surface area contributed by atoms with Crippen LogP contribution in [0.2, 0.25) is 0 Å². The summed E-state index contributed by atoms with van der Waals surface area (Å²) in [6.07, 6.45) is 6.35. The lowest BCUT2D eigenvalue weighted by molar-refractivity contribution is 0.0695. The van der Waals surface area contributed by atoms with Gasteiger partial charge in [-0.05, 0) is 66.5 Å². The van der Waals surface area contributed by atoms with Gasteiger partial charge in [0.25, 0.3) is 0 Å². The molecule has 0 amide bonds. The summed E-state index contributed by atoms with van der Waals surface area (Å²) in [6.45, 7) is 15.2. The van der Waals surface area contributed by atoms with Crippen LogP contribution in [0.3, 0.4) is 0 Å². The van der Waals surface area contributed by atoms with Crippen LogP contribution in [0.15, 0.2) is 18.2 Å². The molecule has 0 radical (unpaired) electrons. The van der Waals surface area contributed by atoms with Gasteiger partial charge < -0.3 is 18.9 Å². The molecule has 0 aromatic heterocycles. The van der Waals surface area contributed by atoms with Crippen molar-refractivity contribution in [3.8, 4) is 5.75 Å². The van der Waals surface area contributed by atoms with Crippen molar-refractivity contribution in [3.05, 3.63) is 29.3 Å². The Morgan fingerprint density at radius 3 is 2.10 bits per heavy atom. The first-order valence-corrected chi connectivity index (χ1v) is 11.5. The van der Waals surface area contributed by atoms with Crippen molar-refractivity contribution < 1.29 is 18.9 Å². The number of ether oxygens (including phenoxy) is 4. The summed E-state index contributed by atoms with van der Waals surface area (Å²) in [7, 11) is 3.46. The Bertz CT molecular complexity index is 575. The Morgan fingerprint density at radius 2 is 1.43 bits per heavy atom. The van der Waals surface area contributed by atoms with Crippen molar-refractivity contribution in [2.75, 3.05) is 47.3 Å². The van der Waals surface area contributed by atoms with Crippen molar-refractivity contribution in [3.63, 3.8) is 0 Å². The van der Waals surface area contributed by atoms with Gasteiger partial charge in [0.05, 0.1) is 19.8 Å². The minimum absolute atomic E-state index is 0.108. The second kappa shape index (κ2) is 14.1. The van der Waals surface area contributed by atoms with Gasteiger partial charge in [0.2, 0.25) is 0 Å². The molecule has 0 saturated heterocycles. The molecule has 174 valence electrons. The smallest absolute Gasteiger partial charge is 0.122 e. The molecule has 4 nitrogen and oxygen atoms in total. The van der Waals surface area contributed by atoms with Gasteiger partial charge in [-0.2, -0.15) is 0 Å². The molecule has 30 heavy (non-hydrogen) atoms. The van der Waals surface area contributed by atoms with Gasteiger partial charge in [-0.3, -0.25) is 0 Å². The van der Waals surface area contributed by atoms with Crippen LogP contribution < -0.4 is 4.74 Å². The van der Waals surface area contributed by atoms with E-state index in [1.807, 2.05) is 0 Å². The van der Waals surface area contributed by atoms with E-state index in [9.17, 15) is 0 Å². The van der Waals surface area contributed by atoms with Gasteiger partial charge in [-0.15, -0.1) is 0 Å². The van der Waals surface area contributed by atoms with Crippen LogP contribution in [0.25, 0.3) is 0 Å². The van der Waals surface area contributed by atoms with Crippen molar-refractivity contribution in [1.82, 2.24) is 0 Å². The topological polar surface area (TPSA) is 36.9 Å². The molecule has 0 atom stereocenters. The third-order valence-corrected chi connectivity index (χ3v) is 5.24. The molecule has 0 unspecified atom stereocenters. The van der Waals surface area contributed by atoms with E-state index in [4.69, 9.17) is 18.9 Å². The van der Waals surface area contributed by atoms with Crippen LogP contribution in [-0.2, 0) is 26.0 Å². The number of unbranched alkanes of at least 4 members (excludes halogenated alkanes) is 2. The second-order valence-electron chi connectivity index (χ2n) is 10.1. The van der Waals surface area contributed by atoms with Crippen LogP contribution in [0.4, 0.5) is 0 Å². The molecule has 0 aliphatic heterocycles. The largest absolute Gasteiger partial charge is 0.493 e. The van der Waals surface area contributed by atoms with Gasteiger partial charge >= 0.3 is 0 Å². The van der Waals surface area contributed by atoms with E-state index in [2.05, 4.69) is 52.8 Å². The molecule has 0 bridgehead atoms. The first-order valence-electron chi connectivity index (χ1n) is 11.5. The Kier molecular flexibility index (Phi) is 12.6. The van der Waals surface area contributed by atoms with Crippen LogP contribution >= 0.6 is 0 Å². The minimum atomic E-state index is 0.108. The van der Waals surface area contributed by atoms with E-state index in [1.165, 1.54) is 11.1 Å². The zero-order valence-electron chi connectivity index (χ0n) is 20.6. The fourth-order valence-electron chi connectivity index (χ4n) is 4.06. The Hall–Kier alpha value is -1.10. The van der Waals surface area contributed by atoms with Gasteiger partial charge in [0.1, 0.15) is 5.75 Å². The van der Waals surface area contributed by atoms with E-state index >= 15 is 0 Å². The molecular formula is C26H46O4. The predicted octanol–water partition coefficient (Wildman–Crippen LogP) is 6.19. The normalized spacial score (nSPS) is 12.4. The van der Waals surface area contributed by atoms with Gasteiger partial charge in [0, 0.05) is 27.4 Å². The zero-order chi connectivity index (χ0) is 22.5. The third kappa shape index (κ3) is 11.3. The van der Waals surface area contributed by atoms with E-state index in [0.717, 1.165) is 64.1 Å². The number of aryl methyl sites for hydroxylation is 1. The van der Waals surface area contributed by atoms with Gasteiger partial charge in [0.15, 0.2) is 0 Å². The van der Waals surface area contributed by atoms with Crippen LogP contribution in [0.5, 0.6) is 5.75 Å². The van der Waals surface area contributed by atoms with E-state index in [-0.39, 0.29) is 10.8 Å². The monoisotopic (exact) mass is 422 g/mol. The third-order valence-electron chi connectivity index (χ3n) is 5.24. The van der Waals surface area contributed by atoms with E-state index in [1.54, 1.807) is 14.2 Å². The molecular weight excluding hydrogens is 376 g/mol. The average molecular weight is 423 g/mol. The summed E-state index contributed by atoms with van der Waals surface area (Å²) in [6, 6.07) is 6.83. The summed E-state index contributed by atoms with van der Waals surface area (Å²) in [5.74, 6) is 1.04. The molecule has 0 spiro atoms. The van der Waals surface area contributed by atoms with Gasteiger partial charge in [-0.25, -0.2) is 0 Å². The lowest BCUT2D eigenvalue weighted by Gasteiger charge is -2.33. The maximum Gasteiger partial charge on any atom is 0.122 e. The highest BCUT2D eigenvalue weighted by atomic mass is 16.5. The van der Waals surface area contributed by atoms with Gasteiger partial charge in [-0.1, -0.05) is 46.8 Å². The van der Waals surface area contributed by atoms with E-state index < -0.39 is 0 Å². The molecule has 0 aliphatic rings. The first kappa shape index (κ1) is 26.9. The highest BCUT2D eigenvalue weighted by molar-refractivity contribution is 5.40. The van der Waals surface area contributed by atoms with Crippen molar-refractivity contribution >= 4 is 0 Å². The average Bonchev–Trinajstić information content (AvgIpc) is 2.66. The van der Waals surface area contributed by atoms with Crippen molar-refractivity contribution in [1.29, 1.82) is 0 Å². The quantitative estimate of drug-likeness (QED) is 0.298. The fourth-order valence-corrected chi connectivity index (χ4v) is 4.06. The molecule has 1 aromatic carbocycles. The highest BCUT2D eigenvalue weighted by Gasteiger charge is 2.28. The summed E-state index contributed by atoms with van der Waals surface area (Å²) < 4.78 is 22.1. The molecule has 4 heteroatoms. The Labute approximate surface area is 185 Å². The Morgan fingerprint density at radius 1 is 0.733 bits per heavy atom. The standard InChI is InChI=1S/C26H46O4/c1-25(2,3)21-26(4,5)23-14-13-22(12-11-16-29-19-18-28-7)24(20-23)30-17-10-8-9-15-27-6/h13-14,20H,8-12,15-19,21H2,1-7H3. The summed E-state index contributed by atoms with van der Waals surface area (Å²) >= 11 is 0. The SMILES string of the molecule is COCCCCCOc1cc(C(C)(C)CC(C)(C)C)ccc1CCCOCCOC. The number of methoxy groups -OCH3 is 2. The minimum Gasteiger partial charge on any atom is -0.493 e. The van der Waals surface area contributed by atoms with Crippen LogP contribution in [0, 0.1) is 5.41 Å². The molecule has 0 aliphatic carbocycles. The summed E-state index contributed by atoms with van der Waals surface area (Å²) in [5.41, 5.74) is 3.02. The molecule has 0 N–H and O–H groups in total. The molecule has 1 rings (SSSR count). The number of rotatable bonds is 16. The number of hydrogen-bond donors (Lipinski definition) is 0. The molecule has 0 fully saturated rings. The maximum absolute atomic E-state index is 6.28. The highest BCUT2D eigenvalue weighted by Crippen LogP contribution is 2.38. The second-order valence-corrected chi connectivity index (χ2v) is 10.1. The molecule has 0 heterocycles. The summed E-state index contributed by atoms with van der Waals surface area (Å²) in [4.78, 5) is 0. The maximum atomic E-state index is 6.28. The number of benzene rings is 1. The van der Waals surface area contributed by atoms with Crippen LogP contribution in [-0.4, -0.2) is 47.3 Å². The zero-order valence-corrected chi connectivity index (χ0v) is 20.6. The number of hydrogen-bond acceptors (Lipinski definition) is 4. The predicted molar refractivity (Wildman–Crippen MR) is 126 cm³/mol. The lowest BCUT2D eigenvalue weighted by Crippen LogP contribution is -2.25. The van der Waals surface area contributed by atoms with Crippen LogP contribution in [0.1, 0.15) is 77.8 Å². The lowest BCUT2D eigenvalue weighted by atomic mass is 9.72. The Balaban J connectivity index is 2.79.